The Morgan fingerprint density at radius 3 is 2.65 bits per heavy atom. The lowest BCUT2D eigenvalue weighted by Crippen LogP contribution is -2.13. The number of hydrogen-bond acceptors (Lipinski definition) is 2. The van der Waals surface area contributed by atoms with Gasteiger partial charge in [0.2, 0.25) is 0 Å². The van der Waals surface area contributed by atoms with Crippen molar-refractivity contribution in [1.29, 1.82) is 0 Å². The summed E-state index contributed by atoms with van der Waals surface area (Å²) >= 11 is 0. The summed E-state index contributed by atoms with van der Waals surface area (Å²) in [6, 6.07) is 6.78. The lowest BCUT2D eigenvalue weighted by molar-refractivity contribution is 0.112. The first-order valence-corrected chi connectivity index (χ1v) is 7.09. The molecule has 104 valence electrons. The fourth-order valence-electron chi connectivity index (χ4n) is 2.89. The quantitative estimate of drug-likeness (QED) is 0.791. The van der Waals surface area contributed by atoms with Crippen molar-refractivity contribution in [1.82, 2.24) is 9.78 Å². The van der Waals surface area contributed by atoms with Gasteiger partial charge in [0.1, 0.15) is 11.5 Å². The summed E-state index contributed by atoms with van der Waals surface area (Å²) in [5.74, 6) is -0.343. The zero-order chi connectivity index (χ0) is 13.9. The van der Waals surface area contributed by atoms with Crippen molar-refractivity contribution >= 4 is 6.29 Å². The largest absolute Gasteiger partial charge is 0.298 e. The molecule has 20 heavy (non-hydrogen) atoms. The number of benzene rings is 1. The van der Waals surface area contributed by atoms with Crippen LogP contribution in [0.4, 0.5) is 4.39 Å². The van der Waals surface area contributed by atoms with Gasteiger partial charge in [-0.1, -0.05) is 31.4 Å². The third-order valence-electron chi connectivity index (χ3n) is 3.97. The zero-order valence-electron chi connectivity index (χ0n) is 11.3. The summed E-state index contributed by atoms with van der Waals surface area (Å²) in [5.41, 5.74) is 1.30. The minimum Gasteiger partial charge on any atom is -0.298 e. The number of hydrogen-bond donors (Lipinski definition) is 0. The summed E-state index contributed by atoms with van der Waals surface area (Å²) < 4.78 is 15.7. The third kappa shape index (κ3) is 2.38. The second-order valence-corrected chi connectivity index (χ2v) is 5.30. The Morgan fingerprint density at radius 2 is 1.95 bits per heavy atom. The second kappa shape index (κ2) is 5.57. The predicted octanol–water partition coefficient (Wildman–Crippen LogP) is 4.01. The van der Waals surface area contributed by atoms with E-state index in [0.717, 1.165) is 19.1 Å². The van der Waals surface area contributed by atoms with Crippen molar-refractivity contribution in [3.63, 3.8) is 0 Å². The average Bonchev–Trinajstić information content (AvgIpc) is 2.93. The number of halogens is 1. The number of aromatic nitrogens is 2. The molecule has 0 amide bonds. The smallest absolute Gasteiger partial charge is 0.153 e. The fraction of sp³-hybridized carbons (Fsp3) is 0.375. The normalized spacial score (nSPS) is 16.2. The Hall–Kier alpha value is -1.97. The van der Waals surface area contributed by atoms with Gasteiger partial charge >= 0.3 is 0 Å². The van der Waals surface area contributed by atoms with E-state index in [0.29, 0.717) is 22.9 Å². The highest BCUT2D eigenvalue weighted by atomic mass is 19.1. The van der Waals surface area contributed by atoms with Gasteiger partial charge in [0.25, 0.3) is 0 Å². The van der Waals surface area contributed by atoms with Gasteiger partial charge < -0.3 is 0 Å². The van der Waals surface area contributed by atoms with E-state index in [9.17, 15) is 9.18 Å². The van der Waals surface area contributed by atoms with Crippen LogP contribution in [0.15, 0.2) is 30.5 Å². The molecule has 0 saturated heterocycles. The molecule has 0 N–H and O–H groups in total. The third-order valence-corrected chi connectivity index (χ3v) is 3.97. The molecule has 0 atom stereocenters. The first kappa shape index (κ1) is 13.0. The van der Waals surface area contributed by atoms with Crippen molar-refractivity contribution in [2.24, 2.45) is 0 Å². The Labute approximate surface area is 117 Å². The number of nitrogens with zero attached hydrogens (tertiary/aromatic N) is 2. The van der Waals surface area contributed by atoms with Crippen LogP contribution in [0.3, 0.4) is 0 Å². The van der Waals surface area contributed by atoms with Crippen LogP contribution in [0.5, 0.6) is 0 Å². The SMILES string of the molecule is O=Cc1cn(C2CCCCC2)nc1-c1ccccc1F. The molecule has 0 spiro atoms. The lowest BCUT2D eigenvalue weighted by Gasteiger charge is -2.21. The molecule has 0 bridgehead atoms. The maximum Gasteiger partial charge on any atom is 0.153 e. The zero-order valence-corrected chi connectivity index (χ0v) is 11.3. The number of carbonyl (C=O) groups is 1. The summed E-state index contributed by atoms with van der Waals surface area (Å²) in [5, 5.41) is 4.48. The Morgan fingerprint density at radius 1 is 1.20 bits per heavy atom. The van der Waals surface area contributed by atoms with Gasteiger partial charge in [0, 0.05) is 11.8 Å². The minimum absolute atomic E-state index is 0.336. The maximum atomic E-state index is 13.9. The van der Waals surface area contributed by atoms with Crippen molar-refractivity contribution in [3.8, 4) is 11.3 Å². The molecule has 1 saturated carbocycles. The highest BCUT2D eigenvalue weighted by molar-refractivity contribution is 5.85. The Balaban J connectivity index is 2.01. The van der Waals surface area contributed by atoms with E-state index in [1.165, 1.54) is 25.3 Å². The molecular weight excluding hydrogens is 255 g/mol. The molecule has 0 aliphatic heterocycles. The first-order chi connectivity index (χ1) is 9.79. The van der Waals surface area contributed by atoms with E-state index in [-0.39, 0.29) is 5.82 Å². The topological polar surface area (TPSA) is 34.9 Å². The van der Waals surface area contributed by atoms with E-state index >= 15 is 0 Å². The molecule has 4 heteroatoms. The van der Waals surface area contributed by atoms with E-state index in [4.69, 9.17) is 0 Å². The molecule has 0 unspecified atom stereocenters. The van der Waals surface area contributed by atoms with E-state index in [1.807, 2.05) is 4.68 Å². The van der Waals surface area contributed by atoms with E-state index in [1.54, 1.807) is 24.4 Å². The van der Waals surface area contributed by atoms with Gasteiger partial charge in [-0.05, 0) is 25.0 Å². The molecule has 3 nitrogen and oxygen atoms in total. The monoisotopic (exact) mass is 272 g/mol. The van der Waals surface area contributed by atoms with Gasteiger partial charge in [0.15, 0.2) is 6.29 Å². The van der Waals surface area contributed by atoms with Gasteiger partial charge in [0.05, 0.1) is 11.6 Å². The molecule has 2 aromatic rings. The second-order valence-electron chi connectivity index (χ2n) is 5.30. The summed E-state index contributed by atoms with van der Waals surface area (Å²) in [4.78, 5) is 11.2. The standard InChI is InChI=1S/C16H17FN2O/c17-15-9-5-4-8-14(15)16-12(11-20)10-19(18-16)13-6-2-1-3-7-13/h4-5,8-11,13H,1-3,6-7H2. The van der Waals surface area contributed by atoms with E-state index < -0.39 is 0 Å². The highest BCUT2D eigenvalue weighted by Gasteiger charge is 2.20. The van der Waals surface area contributed by atoms with Crippen LogP contribution in [0, 0.1) is 5.82 Å². The van der Waals surface area contributed by atoms with Gasteiger partial charge in [-0.2, -0.15) is 5.10 Å². The molecule has 1 aromatic carbocycles. The molecular formula is C16H17FN2O. The van der Waals surface area contributed by atoms with E-state index in [2.05, 4.69) is 5.10 Å². The molecule has 1 aromatic heterocycles. The van der Waals surface area contributed by atoms with Crippen LogP contribution < -0.4 is 0 Å². The predicted molar refractivity (Wildman–Crippen MR) is 75.1 cm³/mol. The number of rotatable bonds is 3. The number of aldehydes is 1. The fourth-order valence-corrected chi connectivity index (χ4v) is 2.89. The Kier molecular flexibility index (Phi) is 3.63. The molecule has 1 fully saturated rings. The van der Waals surface area contributed by atoms with Crippen LogP contribution in [-0.4, -0.2) is 16.1 Å². The summed E-state index contributed by atoms with van der Waals surface area (Å²) in [6.45, 7) is 0. The van der Waals surface area contributed by atoms with Crippen LogP contribution >= 0.6 is 0 Å². The van der Waals surface area contributed by atoms with Gasteiger partial charge in [-0.25, -0.2) is 4.39 Å². The summed E-state index contributed by atoms with van der Waals surface area (Å²) in [6.07, 6.45) is 8.32. The van der Waals surface area contributed by atoms with Gasteiger partial charge in [-0.3, -0.25) is 9.48 Å². The highest BCUT2D eigenvalue weighted by Crippen LogP contribution is 2.30. The number of carbonyl (C=O) groups excluding carboxylic acids is 1. The first-order valence-electron chi connectivity index (χ1n) is 7.09. The molecule has 1 aliphatic rings. The van der Waals surface area contributed by atoms with Gasteiger partial charge in [-0.15, -0.1) is 0 Å². The summed E-state index contributed by atoms with van der Waals surface area (Å²) in [7, 11) is 0. The Bertz CT molecular complexity index is 615. The van der Waals surface area contributed by atoms with Crippen LogP contribution in [0.2, 0.25) is 0 Å². The van der Waals surface area contributed by atoms with Crippen molar-refractivity contribution < 1.29 is 9.18 Å². The van der Waals surface area contributed by atoms with Crippen molar-refractivity contribution in [2.75, 3.05) is 0 Å². The minimum atomic E-state index is -0.343. The molecule has 0 radical (unpaired) electrons. The lowest BCUT2D eigenvalue weighted by atomic mass is 9.96. The van der Waals surface area contributed by atoms with Crippen molar-refractivity contribution in [3.05, 3.63) is 41.8 Å². The van der Waals surface area contributed by atoms with Crippen LogP contribution in [0.25, 0.3) is 11.3 Å². The van der Waals surface area contributed by atoms with Crippen LogP contribution in [0.1, 0.15) is 48.5 Å². The molecule has 1 aliphatic carbocycles. The molecule has 1 heterocycles. The average molecular weight is 272 g/mol. The maximum absolute atomic E-state index is 13.9. The van der Waals surface area contributed by atoms with Crippen LogP contribution in [-0.2, 0) is 0 Å². The van der Waals surface area contributed by atoms with Crippen molar-refractivity contribution in [2.45, 2.75) is 38.1 Å². The molecule has 3 rings (SSSR count).